The number of aryl methyl sites for hydroxylation is 1. The topological polar surface area (TPSA) is 44.5 Å². The van der Waals surface area contributed by atoms with Gasteiger partial charge in [-0.15, -0.1) is 0 Å². The van der Waals surface area contributed by atoms with Gasteiger partial charge in [0, 0.05) is 0 Å². The maximum Gasteiger partial charge on any atom is 0.103 e. The van der Waals surface area contributed by atoms with Gasteiger partial charge < -0.3 is 9.97 Å². The Kier molecular flexibility index (Phi) is 1.28. The van der Waals surface area contributed by atoms with Crippen molar-refractivity contribution in [2.75, 3.05) is 0 Å². The van der Waals surface area contributed by atoms with Gasteiger partial charge in [0.1, 0.15) is 5.82 Å². The van der Waals surface area contributed by atoms with Crippen LogP contribution in [0.25, 0.3) is 11.4 Å². The van der Waals surface area contributed by atoms with E-state index in [2.05, 4.69) is 21.1 Å². The fourth-order valence-electron chi connectivity index (χ4n) is 1.00. The number of rotatable bonds is 1. The second-order valence-corrected chi connectivity index (χ2v) is 2.40. The molecular weight excluding hydrogens is 138 g/mol. The lowest BCUT2D eigenvalue weighted by molar-refractivity contribution is 1.15. The first-order valence-corrected chi connectivity index (χ1v) is 3.43. The Morgan fingerprint density at radius 3 is 2.91 bits per heavy atom. The molecule has 55 valence electrons. The average Bonchev–Trinajstić information content (AvgIpc) is 2.55. The summed E-state index contributed by atoms with van der Waals surface area (Å²) in [4.78, 5) is 10.2. The molecule has 0 spiro atoms. The molecule has 2 heterocycles. The highest BCUT2D eigenvalue weighted by Gasteiger charge is 1.98. The Balaban J connectivity index is 2.45. The Hall–Kier alpha value is -1.51. The van der Waals surface area contributed by atoms with Gasteiger partial charge in [-0.25, -0.2) is 4.98 Å². The van der Waals surface area contributed by atoms with Gasteiger partial charge in [-0.3, -0.25) is 0 Å². The maximum absolute atomic E-state index is 4.08. The van der Waals surface area contributed by atoms with E-state index in [0.29, 0.717) is 0 Å². The minimum Gasteiger partial charge on any atom is -0.352 e. The molecule has 0 saturated carbocycles. The van der Waals surface area contributed by atoms with E-state index in [9.17, 15) is 0 Å². The quantitative estimate of drug-likeness (QED) is 0.629. The number of aromatic nitrogens is 3. The van der Waals surface area contributed by atoms with Crippen LogP contribution in [0.5, 0.6) is 0 Å². The third-order valence-electron chi connectivity index (χ3n) is 1.53. The van der Waals surface area contributed by atoms with Crippen molar-refractivity contribution in [1.82, 2.24) is 15.0 Å². The monoisotopic (exact) mass is 146 g/mol. The third kappa shape index (κ3) is 1.05. The highest BCUT2D eigenvalue weighted by Crippen LogP contribution is 2.12. The zero-order chi connectivity index (χ0) is 7.68. The molecule has 0 saturated heterocycles. The summed E-state index contributed by atoms with van der Waals surface area (Å²) in [5.74, 6) is 0.926. The maximum atomic E-state index is 4.08. The molecule has 11 heavy (non-hydrogen) atoms. The third-order valence-corrected chi connectivity index (χ3v) is 1.53. The highest BCUT2D eigenvalue weighted by molar-refractivity contribution is 5.52. The lowest BCUT2D eigenvalue weighted by atomic mass is 10.3. The van der Waals surface area contributed by atoms with E-state index in [1.165, 1.54) is 0 Å². The van der Waals surface area contributed by atoms with Crippen LogP contribution >= 0.6 is 0 Å². The predicted octanol–water partition coefficient (Wildman–Crippen LogP) is 1.51. The van der Waals surface area contributed by atoms with Crippen LogP contribution in [0.2, 0.25) is 0 Å². The number of imidazole rings is 1. The number of nitrogens with one attached hydrogen (secondary N) is 2. The zero-order valence-electron chi connectivity index (χ0n) is 6.18. The number of nitrogens with zero attached hydrogens (tertiary/aromatic N) is 1. The van der Waals surface area contributed by atoms with E-state index in [4.69, 9.17) is 0 Å². The van der Waals surface area contributed by atoms with E-state index in [1.807, 2.05) is 19.1 Å². The minimum absolute atomic E-state index is 0.926. The number of hydrogen-bond donors (Lipinski definition) is 2. The van der Waals surface area contributed by atoms with Crippen molar-refractivity contribution in [2.24, 2.45) is 0 Å². The molecule has 0 amide bonds. The van der Waals surface area contributed by atoms with Gasteiger partial charge in [0.2, 0.25) is 0 Å². The minimum atomic E-state index is 0.926. The molecule has 2 aromatic rings. The summed E-state index contributed by atoms with van der Waals surface area (Å²) in [5, 5.41) is 0. The van der Waals surface area contributed by atoms with Gasteiger partial charge in [0.25, 0.3) is 0 Å². The molecular formula is C8H8N3. The van der Waals surface area contributed by atoms with Gasteiger partial charge >= 0.3 is 0 Å². The molecule has 3 nitrogen and oxygen atoms in total. The lowest BCUT2D eigenvalue weighted by Gasteiger charge is -1.88. The van der Waals surface area contributed by atoms with Crippen LogP contribution in [-0.4, -0.2) is 15.0 Å². The lowest BCUT2D eigenvalue weighted by Crippen LogP contribution is -1.76. The highest BCUT2D eigenvalue weighted by atomic mass is 14.9. The van der Waals surface area contributed by atoms with E-state index in [0.717, 1.165) is 17.2 Å². The smallest absolute Gasteiger partial charge is 0.103 e. The first-order valence-electron chi connectivity index (χ1n) is 3.43. The first kappa shape index (κ1) is 6.22. The standard InChI is InChI=1S/C8H8N3/c1-6-10-5-8(11-6)7-3-2-4-9-7/h2-3,5,9H,1H3,(H,10,11). The van der Waals surface area contributed by atoms with Crippen LogP contribution in [0.15, 0.2) is 18.3 Å². The largest absolute Gasteiger partial charge is 0.352 e. The van der Waals surface area contributed by atoms with Gasteiger partial charge in [0.05, 0.1) is 23.8 Å². The molecule has 1 radical (unpaired) electrons. The predicted molar refractivity (Wildman–Crippen MR) is 41.9 cm³/mol. The fourth-order valence-corrected chi connectivity index (χ4v) is 1.00. The van der Waals surface area contributed by atoms with Gasteiger partial charge in [-0.1, -0.05) is 0 Å². The van der Waals surface area contributed by atoms with E-state index in [-0.39, 0.29) is 0 Å². The van der Waals surface area contributed by atoms with Gasteiger partial charge in [0.15, 0.2) is 0 Å². The molecule has 0 aromatic carbocycles. The number of hydrogen-bond acceptors (Lipinski definition) is 1. The summed E-state index contributed by atoms with van der Waals surface area (Å²) in [6.45, 7) is 1.93. The van der Waals surface area contributed by atoms with E-state index >= 15 is 0 Å². The van der Waals surface area contributed by atoms with Crippen LogP contribution in [-0.2, 0) is 0 Å². The summed E-state index contributed by atoms with van der Waals surface area (Å²) >= 11 is 0. The molecule has 0 atom stereocenters. The van der Waals surface area contributed by atoms with Crippen molar-refractivity contribution in [3.05, 3.63) is 30.4 Å². The van der Waals surface area contributed by atoms with Crippen molar-refractivity contribution < 1.29 is 0 Å². The van der Waals surface area contributed by atoms with E-state index < -0.39 is 0 Å². The number of aromatic amines is 2. The molecule has 2 aromatic heterocycles. The second-order valence-electron chi connectivity index (χ2n) is 2.40. The fraction of sp³-hybridized carbons (Fsp3) is 0.125. The number of H-pyrrole nitrogens is 2. The van der Waals surface area contributed by atoms with E-state index in [1.54, 1.807) is 6.20 Å². The van der Waals surface area contributed by atoms with Crippen LogP contribution < -0.4 is 0 Å². The van der Waals surface area contributed by atoms with Crippen LogP contribution in [0.1, 0.15) is 5.82 Å². The van der Waals surface area contributed by atoms with Crippen LogP contribution in [0.4, 0.5) is 0 Å². The van der Waals surface area contributed by atoms with Crippen molar-refractivity contribution in [3.8, 4) is 11.4 Å². The molecule has 0 bridgehead atoms. The Labute approximate surface area is 64.5 Å². The van der Waals surface area contributed by atoms with Crippen LogP contribution in [0.3, 0.4) is 0 Å². The molecule has 2 N–H and O–H groups in total. The Morgan fingerprint density at radius 1 is 1.45 bits per heavy atom. The second kappa shape index (κ2) is 2.27. The van der Waals surface area contributed by atoms with Crippen molar-refractivity contribution in [3.63, 3.8) is 0 Å². The molecule has 0 aliphatic heterocycles. The zero-order valence-corrected chi connectivity index (χ0v) is 6.18. The van der Waals surface area contributed by atoms with Crippen molar-refractivity contribution >= 4 is 0 Å². The average molecular weight is 146 g/mol. The molecule has 0 fully saturated rings. The Bertz CT molecular complexity index is 332. The molecule has 0 aliphatic carbocycles. The summed E-state index contributed by atoms with van der Waals surface area (Å²) in [6.07, 6.45) is 4.67. The van der Waals surface area contributed by atoms with Crippen LogP contribution in [0, 0.1) is 13.1 Å². The summed E-state index contributed by atoms with van der Waals surface area (Å²) in [7, 11) is 0. The normalized spacial score (nSPS) is 10.3. The van der Waals surface area contributed by atoms with Crippen molar-refractivity contribution in [1.29, 1.82) is 0 Å². The molecule has 0 aliphatic rings. The SMILES string of the molecule is Cc1ncc(-c2cc[c][nH]2)[nH]1. The van der Waals surface area contributed by atoms with Gasteiger partial charge in [-0.2, -0.15) is 0 Å². The summed E-state index contributed by atoms with van der Waals surface area (Å²) in [5.41, 5.74) is 2.02. The molecule has 0 unspecified atom stereocenters. The summed E-state index contributed by atoms with van der Waals surface area (Å²) < 4.78 is 0. The summed E-state index contributed by atoms with van der Waals surface area (Å²) in [6, 6.07) is 3.79. The molecule has 3 heteroatoms. The molecule has 2 rings (SSSR count). The van der Waals surface area contributed by atoms with Crippen molar-refractivity contribution in [2.45, 2.75) is 6.92 Å². The van der Waals surface area contributed by atoms with Gasteiger partial charge in [-0.05, 0) is 19.1 Å². The first-order chi connectivity index (χ1) is 5.36. The Morgan fingerprint density at radius 2 is 2.36 bits per heavy atom.